The number of hydrogen-bond acceptors (Lipinski definition) is 3. The van der Waals surface area contributed by atoms with E-state index in [4.69, 9.17) is 0 Å². The maximum atomic E-state index is 12.6. The first kappa shape index (κ1) is 18.1. The number of para-hydroxylation sites is 1. The number of carbonyl (C=O) groups excluding carboxylic acids is 1. The zero-order valence-corrected chi connectivity index (χ0v) is 15.1. The van der Waals surface area contributed by atoms with Crippen LogP contribution in [0.15, 0.2) is 30.0 Å². The van der Waals surface area contributed by atoms with Crippen LogP contribution in [0.4, 0.5) is 5.69 Å². The summed E-state index contributed by atoms with van der Waals surface area (Å²) in [7, 11) is 0. The normalized spacial score (nSPS) is 18.4. The summed E-state index contributed by atoms with van der Waals surface area (Å²) in [6.45, 7) is 10.2. The van der Waals surface area contributed by atoms with E-state index in [-0.39, 0.29) is 11.5 Å². The number of nitriles is 1. The molecular formula is C20H27N3O. The van der Waals surface area contributed by atoms with Gasteiger partial charge in [-0.25, -0.2) is 0 Å². The van der Waals surface area contributed by atoms with Crippen molar-refractivity contribution in [3.8, 4) is 6.07 Å². The van der Waals surface area contributed by atoms with Gasteiger partial charge in [0.2, 0.25) is 0 Å². The van der Waals surface area contributed by atoms with Crippen molar-refractivity contribution in [2.24, 2.45) is 5.92 Å². The quantitative estimate of drug-likeness (QED) is 0.667. The third-order valence-electron chi connectivity index (χ3n) is 4.53. The van der Waals surface area contributed by atoms with Crippen LogP contribution in [-0.4, -0.2) is 23.9 Å². The van der Waals surface area contributed by atoms with E-state index in [0.29, 0.717) is 11.8 Å². The number of benzene rings is 1. The molecule has 1 aliphatic heterocycles. The standard InChI is InChI=1S/C20H27N3O/c1-14(2)18-9-5-8-16(4)19(18)22-20(24)17(11-21)13-23-10-6-7-15(3)12-23/h5,8-9,13-15H,6-7,10,12H2,1-4H3,(H,22,24)/b17-13-. The number of likely N-dealkylation sites (tertiary alicyclic amines) is 1. The Morgan fingerprint density at radius 2 is 2.21 bits per heavy atom. The van der Waals surface area contributed by atoms with E-state index in [1.54, 1.807) is 6.20 Å². The lowest BCUT2D eigenvalue weighted by Gasteiger charge is -2.30. The molecule has 0 saturated carbocycles. The largest absolute Gasteiger partial charge is 0.376 e. The van der Waals surface area contributed by atoms with Gasteiger partial charge in [0.25, 0.3) is 5.91 Å². The molecule has 1 aliphatic rings. The first-order valence-electron chi connectivity index (χ1n) is 8.69. The lowest BCUT2D eigenvalue weighted by atomic mass is 9.98. The minimum absolute atomic E-state index is 0.169. The van der Waals surface area contributed by atoms with Crippen molar-refractivity contribution < 1.29 is 4.79 Å². The molecule has 1 heterocycles. The van der Waals surface area contributed by atoms with Gasteiger partial charge in [-0.05, 0) is 42.7 Å². The highest BCUT2D eigenvalue weighted by Crippen LogP contribution is 2.28. The molecule has 1 aromatic rings. The summed E-state index contributed by atoms with van der Waals surface area (Å²) in [5, 5.41) is 12.4. The number of amides is 1. The maximum Gasteiger partial charge on any atom is 0.267 e. The van der Waals surface area contributed by atoms with Crippen LogP contribution < -0.4 is 5.32 Å². The van der Waals surface area contributed by atoms with Gasteiger partial charge in [0, 0.05) is 25.0 Å². The van der Waals surface area contributed by atoms with E-state index >= 15 is 0 Å². The summed E-state index contributed by atoms with van der Waals surface area (Å²) in [6.07, 6.45) is 4.03. The molecule has 4 nitrogen and oxygen atoms in total. The molecule has 0 bridgehead atoms. The molecule has 1 aromatic carbocycles. The van der Waals surface area contributed by atoms with Crippen molar-refractivity contribution in [1.29, 1.82) is 5.26 Å². The van der Waals surface area contributed by atoms with Crippen LogP contribution in [0.1, 0.15) is 50.7 Å². The number of piperidine rings is 1. The monoisotopic (exact) mass is 325 g/mol. The zero-order chi connectivity index (χ0) is 17.7. The summed E-state index contributed by atoms with van der Waals surface area (Å²) >= 11 is 0. The van der Waals surface area contributed by atoms with Crippen molar-refractivity contribution in [3.05, 3.63) is 41.1 Å². The van der Waals surface area contributed by atoms with Crippen LogP contribution in [0.25, 0.3) is 0 Å². The Labute approximate surface area is 145 Å². The van der Waals surface area contributed by atoms with E-state index in [1.807, 2.05) is 25.1 Å². The van der Waals surface area contributed by atoms with Crippen molar-refractivity contribution >= 4 is 11.6 Å². The number of nitrogens with zero attached hydrogens (tertiary/aromatic N) is 2. The molecule has 1 amide bonds. The lowest BCUT2D eigenvalue weighted by molar-refractivity contribution is -0.112. The van der Waals surface area contributed by atoms with E-state index in [9.17, 15) is 10.1 Å². The van der Waals surface area contributed by atoms with Gasteiger partial charge in [0.05, 0.1) is 0 Å². The van der Waals surface area contributed by atoms with Crippen molar-refractivity contribution in [3.63, 3.8) is 0 Å². The molecular weight excluding hydrogens is 298 g/mol. The molecule has 0 spiro atoms. The predicted molar refractivity (Wildman–Crippen MR) is 97.6 cm³/mol. The molecule has 1 fully saturated rings. The maximum absolute atomic E-state index is 12.6. The van der Waals surface area contributed by atoms with E-state index < -0.39 is 0 Å². The Kier molecular flexibility index (Phi) is 6.03. The Bertz CT molecular complexity index is 670. The average molecular weight is 325 g/mol. The Balaban J connectivity index is 2.20. The Morgan fingerprint density at radius 3 is 2.83 bits per heavy atom. The van der Waals surface area contributed by atoms with Gasteiger partial charge < -0.3 is 10.2 Å². The number of hydrogen-bond donors (Lipinski definition) is 1. The highest BCUT2D eigenvalue weighted by molar-refractivity contribution is 6.07. The van der Waals surface area contributed by atoms with E-state index in [1.165, 1.54) is 6.42 Å². The van der Waals surface area contributed by atoms with Gasteiger partial charge in [0.1, 0.15) is 11.6 Å². The zero-order valence-electron chi connectivity index (χ0n) is 15.1. The number of nitrogens with one attached hydrogen (secondary N) is 1. The summed E-state index contributed by atoms with van der Waals surface area (Å²) in [4.78, 5) is 14.7. The fourth-order valence-corrected chi connectivity index (χ4v) is 3.19. The highest BCUT2D eigenvalue weighted by Gasteiger charge is 2.18. The average Bonchev–Trinajstić information content (AvgIpc) is 2.54. The smallest absolute Gasteiger partial charge is 0.267 e. The molecule has 1 atom stereocenters. The second-order valence-corrected chi connectivity index (χ2v) is 7.04. The molecule has 2 rings (SSSR count). The molecule has 0 radical (unpaired) electrons. The minimum Gasteiger partial charge on any atom is -0.376 e. The minimum atomic E-state index is -0.327. The Morgan fingerprint density at radius 1 is 1.46 bits per heavy atom. The van der Waals surface area contributed by atoms with Crippen molar-refractivity contribution in [1.82, 2.24) is 4.90 Å². The van der Waals surface area contributed by atoms with Crippen molar-refractivity contribution in [2.75, 3.05) is 18.4 Å². The summed E-state index contributed by atoms with van der Waals surface area (Å²) in [5.74, 6) is 0.575. The van der Waals surface area contributed by atoms with Gasteiger partial charge in [0.15, 0.2) is 0 Å². The third kappa shape index (κ3) is 4.38. The van der Waals surface area contributed by atoms with Crippen LogP contribution in [-0.2, 0) is 4.79 Å². The fourth-order valence-electron chi connectivity index (χ4n) is 3.19. The molecule has 0 aliphatic carbocycles. The topological polar surface area (TPSA) is 56.1 Å². The number of aryl methyl sites for hydroxylation is 1. The number of carbonyl (C=O) groups is 1. The summed E-state index contributed by atoms with van der Waals surface area (Å²) < 4.78 is 0. The number of anilines is 1. The first-order valence-corrected chi connectivity index (χ1v) is 8.69. The van der Waals surface area contributed by atoms with Gasteiger partial charge in [-0.3, -0.25) is 4.79 Å². The summed E-state index contributed by atoms with van der Waals surface area (Å²) in [5.41, 5.74) is 3.10. The second kappa shape index (κ2) is 8.01. The highest BCUT2D eigenvalue weighted by atomic mass is 16.1. The molecule has 1 saturated heterocycles. The number of rotatable bonds is 4. The second-order valence-electron chi connectivity index (χ2n) is 7.04. The van der Waals surface area contributed by atoms with Crippen LogP contribution in [0.5, 0.6) is 0 Å². The van der Waals surface area contributed by atoms with E-state index in [0.717, 1.165) is 36.3 Å². The lowest BCUT2D eigenvalue weighted by Crippen LogP contribution is -2.31. The molecule has 1 unspecified atom stereocenters. The molecule has 24 heavy (non-hydrogen) atoms. The predicted octanol–water partition coefficient (Wildman–Crippen LogP) is 4.20. The molecule has 0 aromatic heterocycles. The summed E-state index contributed by atoms with van der Waals surface area (Å²) in [6, 6.07) is 8.06. The SMILES string of the molecule is Cc1cccc(C(C)C)c1NC(=O)/C(C#N)=C\N1CCCC(C)C1. The molecule has 4 heteroatoms. The van der Waals surface area contributed by atoms with Crippen molar-refractivity contribution in [2.45, 2.75) is 46.5 Å². The van der Waals surface area contributed by atoms with Gasteiger partial charge >= 0.3 is 0 Å². The first-order chi connectivity index (χ1) is 11.4. The van der Waals surface area contributed by atoms with Gasteiger partial charge in [-0.1, -0.05) is 39.0 Å². The fraction of sp³-hybridized carbons (Fsp3) is 0.500. The van der Waals surface area contributed by atoms with E-state index in [2.05, 4.69) is 37.1 Å². The van der Waals surface area contributed by atoms with Crippen LogP contribution in [0.2, 0.25) is 0 Å². The third-order valence-corrected chi connectivity index (χ3v) is 4.53. The molecule has 1 N–H and O–H groups in total. The van der Waals surface area contributed by atoms with Gasteiger partial charge in [-0.15, -0.1) is 0 Å². The van der Waals surface area contributed by atoms with Gasteiger partial charge in [-0.2, -0.15) is 5.26 Å². The van der Waals surface area contributed by atoms with Crippen LogP contribution in [0.3, 0.4) is 0 Å². The molecule has 128 valence electrons. The van der Waals surface area contributed by atoms with Crippen LogP contribution in [0, 0.1) is 24.2 Å². The Hall–Kier alpha value is -2.28. The van der Waals surface area contributed by atoms with Crippen LogP contribution >= 0.6 is 0 Å².